The van der Waals surface area contributed by atoms with Crippen LogP contribution in [0.25, 0.3) is 6.08 Å². The van der Waals surface area contributed by atoms with E-state index in [4.69, 9.17) is 15.2 Å². The monoisotopic (exact) mass is 599 g/mol. The van der Waals surface area contributed by atoms with E-state index in [1.54, 1.807) is 30.3 Å². The van der Waals surface area contributed by atoms with Crippen molar-refractivity contribution in [3.63, 3.8) is 0 Å². The van der Waals surface area contributed by atoms with Gasteiger partial charge < -0.3 is 15.2 Å². The fraction of sp³-hybridized carbons (Fsp3) is 0.100. The van der Waals surface area contributed by atoms with Crippen LogP contribution in [0.5, 0.6) is 11.5 Å². The van der Waals surface area contributed by atoms with E-state index in [9.17, 15) is 19.2 Å². The van der Waals surface area contributed by atoms with Crippen molar-refractivity contribution in [3.8, 4) is 11.5 Å². The molecule has 1 saturated heterocycles. The average Bonchev–Trinajstić information content (AvgIpc) is 2.71. The molecule has 0 atom stereocenters. The SMILES string of the molecule is COc1cc(/C=C2\C(=O)NC(=O)N(c3ccc(Br)cc3)C2=O)cc(I)c1OCC(N)=O. The molecule has 0 saturated carbocycles. The lowest BCUT2D eigenvalue weighted by molar-refractivity contribution is -0.123. The smallest absolute Gasteiger partial charge is 0.335 e. The lowest BCUT2D eigenvalue weighted by atomic mass is 10.1. The zero-order valence-electron chi connectivity index (χ0n) is 16.0. The number of methoxy groups -OCH3 is 1. The Bertz CT molecular complexity index is 1120. The molecule has 160 valence electrons. The minimum absolute atomic E-state index is 0.230. The van der Waals surface area contributed by atoms with Crippen LogP contribution in [-0.2, 0) is 14.4 Å². The second-order valence-electron chi connectivity index (χ2n) is 6.22. The standard InChI is InChI=1S/C20H15BrIN3O6/c1-30-15-8-10(7-14(22)17(15)31-9-16(23)26)6-13-18(27)24-20(29)25(19(13)28)12-4-2-11(21)3-5-12/h2-8H,9H2,1H3,(H2,23,26)(H,24,27,29)/b13-6+. The summed E-state index contributed by atoms with van der Waals surface area (Å²) < 4.78 is 12.0. The molecule has 31 heavy (non-hydrogen) atoms. The topological polar surface area (TPSA) is 128 Å². The number of primary amides is 1. The zero-order chi connectivity index (χ0) is 22.7. The van der Waals surface area contributed by atoms with E-state index < -0.39 is 23.8 Å². The first-order valence-corrected chi connectivity index (χ1v) is 10.5. The second-order valence-corrected chi connectivity index (χ2v) is 8.30. The fourth-order valence-corrected chi connectivity index (χ4v) is 3.80. The molecule has 11 heteroatoms. The van der Waals surface area contributed by atoms with Gasteiger partial charge in [0.1, 0.15) is 5.57 Å². The van der Waals surface area contributed by atoms with Gasteiger partial charge in [0.25, 0.3) is 17.7 Å². The van der Waals surface area contributed by atoms with Crippen LogP contribution in [-0.4, -0.2) is 37.5 Å². The number of halogens is 2. The van der Waals surface area contributed by atoms with Gasteiger partial charge in [0, 0.05) is 4.47 Å². The molecule has 3 rings (SSSR count). The van der Waals surface area contributed by atoms with Crippen molar-refractivity contribution in [2.24, 2.45) is 5.73 Å². The summed E-state index contributed by atoms with van der Waals surface area (Å²) in [6.45, 7) is -0.335. The van der Waals surface area contributed by atoms with Gasteiger partial charge in [-0.2, -0.15) is 0 Å². The molecular weight excluding hydrogens is 585 g/mol. The zero-order valence-corrected chi connectivity index (χ0v) is 19.7. The molecule has 0 radical (unpaired) electrons. The van der Waals surface area contributed by atoms with E-state index >= 15 is 0 Å². The van der Waals surface area contributed by atoms with Gasteiger partial charge in [0.2, 0.25) is 0 Å². The molecule has 0 unspecified atom stereocenters. The minimum atomic E-state index is -0.836. The van der Waals surface area contributed by atoms with E-state index in [0.29, 0.717) is 20.6 Å². The number of ether oxygens (including phenoxy) is 2. The summed E-state index contributed by atoms with van der Waals surface area (Å²) >= 11 is 5.26. The molecule has 1 aliphatic heterocycles. The molecule has 5 amide bonds. The van der Waals surface area contributed by atoms with Gasteiger partial charge in [0.15, 0.2) is 18.1 Å². The van der Waals surface area contributed by atoms with Crippen LogP contribution in [0, 0.1) is 3.57 Å². The number of nitrogens with one attached hydrogen (secondary N) is 1. The summed E-state index contributed by atoms with van der Waals surface area (Å²) in [4.78, 5) is 49.5. The summed E-state index contributed by atoms with van der Waals surface area (Å²) in [5.74, 6) is -1.64. The van der Waals surface area contributed by atoms with E-state index in [2.05, 4.69) is 21.2 Å². The molecule has 2 aromatic rings. The molecule has 1 aliphatic rings. The quantitative estimate of drug-likeness (QED) is 0.298. The number of hydrogen-bond acceptors (Lipinski definition) is 6. The van der Waals surface area contributed by atoms with Crippen LogP contribution in [0.2, 0.25) is 0 Å². The molecule has 0 spiro atoms. The molecule has 0 aliphatic carbocycles. The molecule has 0 bridgehead atoms. The van der Waals surface area contributed by atoms with Crippen molar-refractivity contribution in [3.05, 3.63) is 55.6 Å². The summed E-state index contributed by atoms with van der Waals surface area (Å²) in [6.07, 6.45) is 1.35. The number of rotatable bonds is 6. The molecule has 2 aromatic carbocycles. The Balaban J connectivity index is 1.99. The number of carbonyl (C=O) groups excluding carboxylic acids is 4. The number of urea groups is 1. The van der Waals surface area contributed by atoms with Gasteiger partial charge in [0.05, 0.1) is 16.4 Å². The molecule has 3 N–H and O–H groups in total. The maximum atomic E-state index is 13.0. The average molecular weight is 600 g/mol. The first-order valence-electron chi connectivity index (χ1n) is 8.67. The van der Waals surface area contributed by atoms with Crippen LogP contribution < -0.4 is 25.4 Å². The molecule has 0 aromatic heterocycles. The number of imide groups is 2. The summed E-state index contributed by atoms with van der Waals surface area (Å²) in [5, 5.41) is 2.17. The lowest BCUT2D eigenvalue weighted by Crippen LogP contribution is -2.54. The first kappa shape index (κ1) is 22.7. The first-order chi connectivity index (χ1) is 14.7. The Labute approximate surface area is 198 Å². The molecular formula is C20H15BrIN3O6. The predicted octanol–water partition coefficient (Wildman–Crippen LogP) is 2.59. The number of barbiturate groups is 1. The number of carbonyl (C=O) groups is 4. The van der Waals surface area contributed by atoms with E-state index in [0.717, 1.165) is 9.37 Å². The van der Waals surface area contributed by atoms with Crippen molar-refractivity contribution in [2.75, 3.05) is 18.6 Å². The highest BCUT2D eigenvalue weighted by atomic mass is 127. The van der Waals surface area contributed by atoms with Gasteiger partial charge >= 0.3 is 6.03 Å². The van der Waals surface area contributed by atoms with Crippen LogP contribution in [0.1, 0.15) is 5.56 Å². The third-order valence-electron chi connectivity index (χ3n) is 4.11. The predicted molar refractivity (Wildman–Crippen MR) is 124 cm³/mol. The minimum Gasteiger partial charge on any atom is -0.493 e. The van der Waals surface area contributed by atoms with Gasteiger partial charge in [-0.1, -0.05) is 15.9 Å². The summed E-state index contributed by atoms with van der Waals surface area (Å²) in [6, 6.07) is 8.83. The number of benzene rings is 2. The Morgan fingerprint density at radius 3 is 2.52 bits per heavy atom. The number of nitrogens with zero attached hydrogens (tertiary/aromatic N) is 1. The van der Waals surface area contributed by atoms with E-state index in [1.807, 2.05) is 22.6 Å². The highest BCUT2D eigenvalue weighted by Crippen LogP contribution is 2.35. The maximum Gasteiger partial charge on any atom is 0.335 e. The summed E-state index contributed by atoms with van der Waals surface area (Å²) in [7, 11) is 1.41. The van der Waals surface area contributed by atoms with Crippen molar-refractivity contribution in [2.45, 2.75) is 0 Å². The van der Waals surface area contributed by atoms with Gasteiger partial charge in [-0.15, -0.1) is 0 Å². The number of anilines is 1. The molecule has 9 nitrogen and oxygen atoms in total. The highest BCUT2D eigenvalue weighted by molar-refractivity contribution is 14.1. The number of nitrogens with two attached hydrogens (primary N) is 1. The Morgan fingerprint density at radius 1 is 1.23 bits per heavy atom. The summed E-state index contributed by atoms with van der Waals surface area (Å²) in [5.41, 5.74) is 5.65. The third kappa shape index (κ3) is 5.05. The number of hydrogen-bond donors (Lipinski definition) is 2. The third-order valence-corrected chi connectivity index (χ3v) is 5.44. The van der Waals surface area contributed by atoms with Crippen molar-refractivity contribution >= 4 is 74.0 Å². The molecule has 1 heterocycles. The van der Waals surface area contributed by atoms with Crippen LogP contribution in [0.4, 0.5) is 10.5 Å². The van der Waals surface area contributed by atoms with Crippen LogP contribution in [0.3, 0.4) is 0 Å². The Kier molecular flexibility index (Phi) is 6.95. The Hall–Kier alpha value is -2.93. The maximum absolute atomic E-state index is 13.0. The number of amides is 5. The van der Waals surface area contributed by atoms with Gasteiger partial charge in [-0.05, 0) is 70.6 Å². The van der Waals surface area contributed by atoms with Crippen molar-refractivity contribution < 1.29 is 28.7 Å². The van der Waals surface area contributed by atoms with E-state index in [1.165, 1.54) is 19.3 Å². The second kappa shape index (κ2) is 9.47. The normalized spacial score (nSPS) is 15.1. The fourth-order valence-electron chi connectivity index (χ4n) is 2.76. The van der Waals surface area contributed by atoms with Crippen molar-refractivity contribution in [1.29, 1.82) is 0 Å². The van der Waals surface area contributed by atoms with Gasteiger partial charge in [-0.25, -0.2) is 9.69 Å². The molecule has 1 fully saturated rings. The highest BCUT2D eigenvalue weighted by Gasteiger charge is 2.36. The van der Waals surface area contributed by atoms with Gasteiger partial charge in [-0.3, -0.25) is 19.7 Å². The van der Waals surface area contributed by atoms with Crippen molar-refractivity contribution in [1.82, 2.24) is 5.32 Å². The Morgan fingerprint density at radius 2 is 1.90 bits per heavy atom. The van der Waals surface area contributed by atoms with Crippen LogP contribution in [0.15, 0.2) is 46.4 Å². The van der Waals surface area contributed by atoms with Crippen LogP contribution >= 0.6 is 38.5 Å². The lowest BCUT2D eigenvalue weighted by Gasteiger charge is -2.26. The van der Waals surface area contributed by atoms with E-state index in [-0.39, 0.29) is 17.9 Å². The largest absolute Gasteiger partial charge is 0.493 e.